The van der Waals surface area contributed by atoms with Crippen molar-refractivity contribution in [2.24, 2.45) is 0 Å². The highest BCUT2D eigenvalue weighted by Gasteiger charge is 2.07. The molecule has 1 aromatic heterocycles. The summed E-state index contributed by atoms with van der Waals surface area (Å²) >= 11 is 0. The summed E-state index contributed by atoms with van der Waals surface area (Å²) in [6, 6.07) is 7.31. The number of fused-ring (bicyclic) bond motifs is 1. The monoisotopic (exact) mass is 205 g/mol. The number of aromatic carboxylic acids is 1. The standard InChI is InChI=1S/C11H11NO3/c1-15-6-7-2-3-9-8(4-7)5-10(12-9)11(13)14/h2-5,12H,6H2,1H3,(H,13,14). The number of aromatic nitrogens is 1. The van der Waals surface area contributed by atoms with Crippen LogP contribution in [0.3, 0.4) is 0 Å². The number of aromatic amines is 1. The zero-order chi connectivity index (χ0) is 10.8. The van der Waals surface area contributed by atoms with Gasteiger partial charge in [0.25, 0.3) is 0 Å². The van der Waals surface area contributed by atoms with E-state index in [1.54, 1.807) is 13.2 Å². The van der Waals surface area contributed by atoms with Gasteiger partial charge in [0.2, 0.25) is 0 Å². The molecule has 0 saturated carbocycles. The number of carboxylic acid groups (broad SMARTS) is 1. The SMILES string of the molecule is COCc1ccc2[nH]c(C(=O)O)cc2c1. The Hall–Kier alpha value is -1.81. The average Bonchev–Trinajstić information content (AvgIpc) is 2.61. The smallest absolute Gasteiger partial charge is 0.352 e. The molecule has 0 amide bonds. The van der Waals surface area contributed by atoms with Crippen LogP contribution < -0.4 is 0 Å². The first-order valence-corrected chi connectivity index (χ1v) is 4.54. The van der Waals surface area contributed by atoms with Crippen LogP contribution in [-0.2, 0) is 11.3 Å². The van der Waals surface area contributed by atoms with Crippen molar-refractivity contribution in [2.75, 3.05) is 7.11 Å². The summed E-state index contributed by atoms with van der Waals surface area (Å²) in [6.45, 7) is 0.531. The van der Waals surface area contributed by atoms with E-state index in [2.05, 4.69) is 4.98 Å². The van der Waals surface area contributed by atoms with Crippen molar-refractivity contribution < 1.29 is 14.6 Å². The number of rotatable bonds is 3. The van der Waals surface area contributed by atoms with E-state index in [0.29, 0.717) is 6.61 Å². The maximum absolute atomic E-state index is 10.7. The molecular weight excluding hydrogens is 194 g/mol. The van der Waals surface area contributed by atoms with Crippen LogP contribution in [-0.4, -0.2) is 23.2 Å². The molecular formula is C11H11NO3. The number of benzene rings is 1. The molecule has 0 aliphatic heterocycles. The number of H-pyrrole nitrogens is 1. The van der Waals surface area contributed by atoms with Crippen LogP contribution >= 0.6 is 0 Å². The topological polar surface area (TPSA) is 62.3 Å². The third kappa shape index (κ3) is 1.85. The van der Waals surface area contributed by atoms with E-state index in [0.717, 1.165) is 16.5 Å². The van der Waals surface area contributed by atoms with Gasteiger partial charge >= 0.3 is 5.97 Å². The molecule has 0 unspecified atom stereocenters. The van der Waals surface area contributed by atoms with Gasteiger partial charge in [-0.2, -0.15) is 0 Å². The third-order valence-corrected chi connectivity index (χ3v) is 2.23. The maximum Gasteiger partial charge on any atom is 0.352 e. The lowest BCUT2D eigenvalue weighted by Gasteiger charge is -1.98. The van der Waals surface area contributed by atoms with E-state index < -0.39 is 5.97 Å². The number of hydrogen-bond donors (Lipinski definition) is 2. The number of ether oxygens (including phenoxy) is 1. The van der Waals surface area contributed by atoms with Gasteiger partial charge in [0.1, 0.15) is 5.69 Å². The molecule has 0 aliphatic carbocycles. The van der Waals surface area contributed by atoms with Crippen LogP contribution in [0.4, 0.5) is 0 Å². The van der Waals surface area contributed by atoms with Crippen molar-refractivity contribution in [2.45, 2.75) is 6.61 Å². The van der Waals surface area contributed by atoms with Gasteiger partial charge in [-0.05, 0) is 23.8 Å². The quantitative estimate of drug-likeness (QED) is 0.805. The van der Waals surface area contributed by atoms with Crippen molar-refractivity contribution in [3.63, 3.8) is 0 Å². The molecule has 2 N–H and O–H groups in total. The Morgan fingerprint density at radius 1 is 1.47 bits per heavy atom. The highest BCUT2D eigenvalue weighted by atomic mass is 16.5. The molecule has 4 heteroatoms. The Morgan fingerprint density at radius 2 is 2.27 bits per heavy atom. The zero-order valence-corrected chi connectivity index (χ0v) is 8.28. The molecule has 0 atom stereocenters. The molecule has 0 radical (unpaired) electrons. The second kappa shape index (κ2) is 3.74. The molecule has 78 valence electrons. The molecule has 0 saturated heterocycles. The summed E-state index contributed by atoms with van der Waals surface area (Å²) < 4.78 is 5.00. The first kappa shape index (κ1) is 9.73. The normalized spacial score (nSPS) is 10.7. The van der Waals surface area contributed by atoms with Gasteiger partial charge in [0.05, 0.1) is 6.61 Å². The summed E-state index contributed by atoms with van der Waals surface area (Å²) in [5.74, 6) is -0.945. The minimum atomic E-state index is -0.945. The summed E-state index contributed by atoms with van der Waals surface area (Å²) in [4.78, 5) is 13.5. The Bertz CT molecular complexity index is 502. The predicted octanol–water partition coefficient (Wildman–Crippen LogP) is 2.01. The van der Waals surface area contributed by atoms with Crippen LogP contribution in [0.25, 0.3) is 10.9 Å². The first-order chi connectivity index (χ1) is 7.20. The molecule has 0 bridgehead atoms. The summed E-state index contributed by atoms with van der Waals surface area (Å²) in [6.07, 6.45) is 0. The number of hydrogen-bond acceptors (Lipinski definition) is 2. The van der Waals surface area contributed by atoms with Crippen molar-refractivity contribution in [1.29, 1.82) is 0 Å². The Balaban J connectivity index is 2.47. The predicted molar refractivity (Wildman–Crippen MR) is 56.0 cm³/mol. The van der Waals surface area contributed by atoms with Gasteiger partial charge in [-0.3, -0.25) is 0 Å². The maximum atomic E-state index is 10.7. The second-order valence-electron chi connectivity index (χ2n) is 3.34. The van der Waals surface area contributed by atoms with Crippen molar-refractivity contribution in [3.05, 3.63) is 35.5 Å². The van der Waals surface area contributed by atoms with Crippen molar-refractivity contribution >= 4 is 16.9 Å². The van der Waals surface area contributed by atoms with Gasteiger partial charge < -0.3 is 14.8 Å². The van der Waals surface area contributed by atoms with Gasteiger partial charge in [-0.15, -0.1) is 0 Å². The fourth-order valence-corrected chi connectivity index (χ4v) is 1.55. The molecule has 2 rings (SSSR count). The van der Waals surface area contributed by atoms with Gasteiger partial charge in [-0.1, -0.05) is 6.07 Å². The van der Waals surface area contributed by atoms with E-state index >= 15 is 0 Å². The second-order valence-corrected chi connectivity index (χ2v) is 3.34. The molecule has 4 nitrogen and oxygen atoms in total. The lowest BCUT2D eigenvalue weighted by Crippen LogP contribution is -1.94. The molecule has 1 heterocycles. The molecule has 15 heavy (non-hydrogen) atoms. The fourth-order valence-electron chi connectivity index (χ4n) is 1.55. The average molecular weight is 205 g/mol. The largest absolute Gasteiger partial charge is 0.477 e. The number of methoxy groups -OCH3 is 1. The summed E-state index contributed by atoms with van der Waals surface area (Å²) in [7, 11) is 1.63. The highest BCUT2D eigenvalue weighted by Crippen LogP contribution is 2.17. The van der Waals surface area contributed by atoms with E-state index in [4.69, 9.17) is 9.84 Å². The van der Waals surface area contributed by atoms with Crippen LogP contribution in [0.15, 0.2) is 24.3 Å². The van der Waals surface area contributed by atoms with Crippen LogP contribution in [0.5, 0.6) is 0 Å². The minimum absolute atomic E-state index is 0.208. The van der Waals surface area contributed by atoms with E-state index in [9.17, 15) is 4.79 Å². The number of carbonyl (C=O) groups is 1. The fraction of sp³-hybridized carbons (Fsp3) is 0.182. The van der Waals surface area contributed by atoms with Crippen LogP contribution in [0.2, 0.25) is 0 Å². The summed E-state index contributed by atoms with van der Waals surface area (Å²) in [5, 5.41) is 9.69. The van der Waals surface area contributed by atoms with E-state index in [1.165, 1.54) is 0 Å². The zero-order valence-electron chi connectivity index (χ0n) is 8.28. The molecule has 0 spiro atoms. The van der Waals surface area contributed by atoms with Gasteiger partial charge in [-0.25, -0.2) is 4.79 Å². The van der Waals surface area contributed by atoms with Gasteiger partial charge in [0, 0.05) is 18.0 Å². The molecule has 0 fully saturated rings. The highest BCUT2D eigenvalue weighted by molar-refractivity contribution is 5.93. The lowest BCUT2D eigenvalue weighted by molar-refractivity contribution is 0.0691. The van der Waals surface area contributed by atoms with Crippen molar-refractivity contribution in [1.82, 2.24) is 4.98 Å². The molecule has 2 aromatic rings. The van der Waals surface area contributed by atoms with E-state index in [-0.39, 0.29) is 5.69 Å². The Kier molecular flexibility index (Phi) is 2.43. The lowest BCUT2D eigenvalue weighted by atomic mass is 10.2. The van der Waals surface area contributed by atoms with Crippen LogP contribution in [0.1, 0.15) is 16.1 Å². The third-order valence-electron chi connectivity index (χ3n) is 2.23. The van der Waals surface area contributed by atoms with Crippen molar-refractivity contribution in [3.8, 4) is 0 Å². The number of carboxylic acids is 1. The minimum Gasteiger partial charge on any atom is -0.477 e. The number of nitrogens with one attached hydrogen (secondary N) is 1. The first-order valence-electron chi connectivity index (χ1n) is 4.54. The Morgan fingerprint density at radius 3 is 2.93 bits per heavy atom. The van der Waals surface area contributed by atoms with Gasteiger partial charge in [0.15, 0.2) is 0 Å². The van der Waals surface area contributed by atoms with Crippen LogP contribution in [0, 0.1) is 0 Å². The molecule has 1 aromatic carbocycles. The van der Waals surface area contributed by atoms with E-state index in [1.807, 2.05) is 18.2 Å². The Labute approximate surface area is 86.5 Å². The molecule has 0 aliphatic rings. The summed E-state index contributed by atoms with van der Waals surface area (Å²) in [5.41, 5.74) is 2.06.